The van der Waals surface area contributed by atoms with Crippen LogP contribution in [0, 0.1) is 5.41 Å². The molecule has 0 saturated heterocycles. The van der Waals surface area contributed by atoms with Crippen LogP contribution in [-0.4, -0.2) is 22.6 Å². The molecule has 3 aromatic rings. The largest absolute Gasteiger partial charge is 0.429 e. The zero-order valence-corrected chi connectivity index (χ0v) is 16.1. The van der Waals surface area contributed by atoms with Crippen LogP contribution >= 0.6 is 0 Å². The van der Waals surface area contributed by atoms with Gasteiger partial charge < -0.3 is 15.5 Å². The van der Waals surface area contributed by atoms with Gasteiger partial charge in [-0.25, -0.2) is 4.68 Å². The van der Waals surface area contributed by atoms with Crippen molar-refractivity contribution in [2.75, 3.05) is 5.32 Å². The second-order valence-corrected chi connectivity index (χ2v) is 6.28. The van der Waals surface area contributed by atoms with Gasteiger partial charge in [0.05, 0.1) is 23.1 Å². The molecular formula is C21H15F5N4O2. The number of allylic oxidation sites excluding steroid dienone is 1. The number of nitrogens with zero attached hydrogens (tertiary/aromatic N) is 2. The van der Waals surface area contributed by atoms with Gasteiger partial charge in [0.15, 0.2) is 11.4 Å². The van der Waals surface area contributed by atoms with Crippen molar-refractivity contribution < 1.29 is 26.7 Å². The molecule has 6 nitrogen and oxygen atoms in total. The van der Waals surface area contributed by atoms with Crippen LogP contribution in [0.2, 0.25) is 0 Å². The van der Waals surface area contributed by atoms with Crippen LogP contribution in [0.25, 0.3) is 11.4 Å². The van der Waals surface area contributed by atoms with Gasteiger partial charge in [0, 0.05) is 11.9 Å². The third kappa shape index (κ3) is 5.36. The Morgan fingerprint density at radius 1 is 1.12 bits per heavy atom. The van der Waals surface area contributed by atoms with E-state index in [1.165, 1.54) is 6.07 Å². The number of nitrogens with one attached hydrogen (secondary N) is 2. The van der Waals surface area contributed by atoms with Crippen molar-refractivity contribution in [2.45, 2.75) is 12.8 Å². The number of hydrogen-bond acceptors (Lipinski definition) is 5. The molecule has 11 heteroatoms. The lowest BCUT2D eigenvalue weighted by Crippen LogP contribution is -2.23. The average molecular weight is 450 g/mol. The first-order valence-electron chi connectivity index (χ1n) is 8.98. The molecule has 0 fully saturated rings. The highest BCUT2D eigenvalue weighted by Crippen LogP contribution is 2.30. The molecule has 166 valence electrons. The molecular weight excluding hydrogens is 435 g/mol. The molecule has 0 bridgehead atoms. The van der Waals surface area contributed by atoms with Crippen molar-refractivity contribution in [1.29, 1.82) is 5.41 Å². The fraction of sp³-hybridized carbons (Fsp3) is 0.0952. The highest BCUT2D eigenvalue weighted by atomic mass is 19.4. The number of hydrogen-bond donors (Lipinski definition) is 2. The molecule has 0 aliphatic rings. The summed E-state index contributed by atoms with van der Waals surface area (Å²) in [6.07, 6.45) is -1.89. The Labute approximate surface area is 178 Å². The van der Waals surface area contributed by atoms with E-state index in [9.17, 15) is 26.7 Å². The summed E-state index contributed by atoms with van der Waals surface area (Å²) in [4.78, 5) is 12.8. The van der Waals surface area contributed by atoms with Crippen LogP contribution in [0.5, 0.6) is 5.75 Å². The standard InChI is InChI=1S/C21H15F5N4O2/c22-20(23)32-17-12-30(15-8-4-5-13(11-15)21(24,25)26)29-18(19(17)31)16(9-10-27)28-14-6-2-1-3-7-14/h1-12,20,27-28H/b16-9-,27-10?. The molecule has 0 radical (unpaired) electrons. The Balaban J connectivity index is 2.18. The summed E-state index contributed by atoms with van der Waals surface area (Å²) in [6.45, 7) is -3.36. The Hall–Kier alpha value is -4.02. The monoisotopic (exact) mass is 450 g/mol. The third-order valence-corrected chi connectivity index (χ3v) is 4.10. The predicted octanol–water partition coefficient (Wildman–Crippen LogP) is 4.96. The number of rotatable bonds is 7. The fourth-order valence-corrected chi connectivity index (χ4v) is 2.72. The van der Waals surface area contributed by atoms with Crippen molar-refractivity contribution in [1.82, 2.24) is 9.78 Å². The van der Waals surface area contributed by atoms with Gasteiger partial charge in [0.1, 0.15) is 0 Å². The maximum atomic E-state index is 13.1. The minimum absolute atomic E-state index is 0.0448. The zero-order valence-electron chi connectivity index (χ0n) is 16.1. The molecule has 0 aliphatic heterocycles. The van der Waals surface area contributed by atoms with E-state index < -0.39 is 35.2 Å². The Kier molecular flexibility index (Phi) is 6.67. The van der Waals surface area contributed by atoms with Crippen LogP contribution in [-0.2, 0) is 6.18 Å². The number of anilines is 1. The van der Waals surface area contributed by atoms with Crippen LogP contribution in [0.3, 0.4) is 0 Å². The third-order valence-electron chi connectivity index (χ3n) is 4.10. The van der Waals surface area contributed by atoms with E-state index >= 15 is 0 Å². The molecule has 0 aliphatic carbocycles. The smallest absolute Gasteiger partial charge is 0.416 e. The first kappa shape index (κ1) is 22.7. The number of para-hydroxylation sites is 1. The SMILES string of the molecule is N=C/C=C(\Nc1ccccc1)c1nn(-c2cccc(C(F)(F)F)c2)cc(OC(F)F)c1=O. The van der Waals surface area contributed by atoms with Crippen LogP contribution < -0.4 is 15.5 Å². The Bertz CT molecular complexity index is 1190. The molecule has 0 saturated carbocycles. The molecule has 32 heavy (non-hydrogen) atoms. The number of ether oxygens (including phenoxy) is 1. The highest BCUT2D eigenvalue weighted by molar-refractivity contribution is 5.87. The van der Waals surface area contributed by atoms with Gasteiger partial charge in [0.25, 0.3) is 5.43 Å². The Morgan fingerprint density at radius 3 is 2.47 bits per heavy atom. The normalized spacial score (nSPS) is 12.0. The fourth-order valence-electron chi connectivity index (χ4n) is 2.72. The molecule has 2 aromatic carbocycles. The first-order chi connectivity index (χ1) is 15.2. The minimum Gasteiger partial charge on any atom is -0.429 e. The summed E-state index contributed by atoms with van der Waals surface area (Å²) < 4.78 is 70.2. The number of alkyl halides is 5. The summed E-state index contributed by atoms with van der Waals surface area (Å²) in [5.74, 6) is -0.826. The number of halogens is 5. The average Bonchev–Trinajstić information content (AvgIpc) is 2.75. The van der Waals surface area contributed by atoms with Gasteiger partial charge in [-0.15, -0.1) is 0 Å². The van der Waals surface area contributed by atoms with Gasteiger partial charge in [-0.05, 0) is 36.4 Å². The van der Waals surface area contributed by atoms with Crippen LogP contribution in [0.1, 0.15) is 11.3 Å². The molecule has 0 amide bonds. The van der Waals surface area contributed by atoms with Crippen molar-refractivity contribution in [2.24, 2.45) is 0 Å². The maximum Gasteiger partial charge on any atom is 0.416 e. The van der Waals surface area contributed by atoms with E-state index in [-0.39, 0.29) is 11.4 Å². The van der Waals surface area contributed by atoms with Crippen molar-refractivity contribution >= 4 is 17.6 Å². The van der Waals surface area contributed by atoms with E-state index in [0.717, 1.165) is 41.4 Å². The summed E-state index contributed by atoms with van der Waals surface area (Å²) >= 11 is 0. The molecule has 3 rings (SSSR count). The molecule has 0 spiro atoms. The van der Waals surface area contributed by atoms with Crippen molar-refractivity contribution in [3.05, 3.63) is 88.4 Å². The Morgan fingerprint density at radius 2 is 1.84 bits per heavy atom. The van der Waals surface area contributed by atoms with Crippen LogP contribution in [0.4, 0.5) is 27.6 Å². The van der Waals surface area contributed by atoms with Crippen molar-refractivity contribution in [3.63, 3.8) is 0 Å². The van der Waals surface area contributed by atoms with Crippen molar-refractivity contribution in [3.8, 4) is 11.4 Å². The second-order valence-electron chi connectivity index (χ2n) is 6.28. The van der Waals surface area contributed by atoms with Gasteiger partial charge in [-0.2, -0.15) is 27.1 Å². The predicted molar refractivity (Wildman–Crippen MR) is 108 cm³/mol. The summed E-state index contributed by atoms with van der Waals surface area (Å²) in [7, 11) is 0. The summed E-state index contributed by atoms with van der Waals surface area (Å²) in [6, 6.07) is 12.4. The molecule has 1 heterocycles. The topological polar surface area (TPSA) is 80.0 Å². The van der Waals surface area contributed by atoms with Gasteiger partial charge >= 0.3 is 12.8 Å². The number of benzene rings is 2. The first-order valence-corrected chi connectivity index (χ1v) is 8.98. The zero-order chi connectivity index (χ0) is 23.3. The maximum absolute atomic E-state index is 13.1. The van der Waals surface area contributed by atoms with E-state index in [2.05, 4.69) is 15.2 Å². The summed E-state index contributed by atoms with van der Waals surface area (Å²) in [5.41, 5.74) is -2.16. The van der Waals surface area contributed by atoms with E-state index in [0.29, 0.717) is 5.69 Å². The molecule has 1 aromatic heterocycles. The minimum atomic E-state index is -4.65. The highest BCUT2D eigenvalue weighted by Gasteiger charge is 2.30. The second kappa shape index (κ2) is 9.41. The lowest BCUT2D eigenvalue weighted by atomic mass is 10.2. The molecule has 0 atom stereocenters. The number of aromatic nitrogens is 2. The quantitative estimate of drug-likeness (QED) is 0.394. The van der Waals surface area contributed by atoms with E-state index in [4.69, 9.17) is 5.41 Å². The van der Waals surface area contributed by atoms with Gasteiger partial charge in [0.2, 0.25) is 0 Å². The van der Waals surface area contributed by atoms with E-state index in [1.807, 2.05) is 0 Å². The van der Waals surface area contributed by atoms with E-state index in [1.54, 1.807) is 30.3 Å². The van der Waals surface area contributed by atoms with Gasteiger partial charge in [-0.3, -0.25) is 4.79 Å². The molecule has 2 N–H and O–H groups in total. The van der Waals surface area contributed by atoms with Crippen LogP contribution in [0.15, 0.2) is 71.7 Å². The van der Waals surface area contributed by atoms with Gasteiger partial charge in [-0.1, -0.05) is 24.3 Å². The lowest BCUT2D eigenvalue weighted by Gasteiger charge is -2.15. The molecule has 0 unspecified atom stereocenters. The lowest BCUT2D eigenvalue weighted by molar-refractivity contribution is -0.137. The summed E-state index contributed by atoms with van der Waals surface area (Å²) in [5, 5.41) is 14.2.